The second-order valence-corrected chi connectivity index (χ2v) is 5.87. The molecule has 4 heteroatoms. The van der Waals surface area contributed by atoms with E-state index in [0.717, 1.165) is 16.5 Å². The van der Waals surface area contributed by atoms with E-state index in [0.29, 0.717) is 4.99 Å². The predicted octanol–water partition coefficient (Wildman–Crippen LogP) is 5.53. The minimum absolute atomic E-state index is 0.708. The molecule has 0 aliphatic carbocycles. The Hall–Kier alpha value is -1.29. The number of nitrogens with one attached hydrogen (secondary N) is 1. The number of rotatable bonds is 5. The van der Waals surface area contributed by atoms with Crippen molar-refractivity contribution in [3.63, 3.8) is 0 Å². The van der Waals surface area contributed by atoms with E-state index in [-0.39, 0.29) is 0 Å². The summed E-state index contributed by atoms with van der Waals surface area (Å²) < 4.78 is 0. The Morgan fingerprint density at radius 1 is 1.10 bits per heavy atom. The van der Waals surface area contributed by atoms with Gasteiger partial charge in [-0.1, -0.05) is 54.2 Å². The van der Waals surface area contributed by atoms with E-state index >= 15 is 0 Å². The molecule has 0 bridgehead atoms. The van der Waals surface area contributed by atoms with Crippen molar-refractivity contribution < 1.29 is 0 Å². The van der Waals surface area contributed by atoms with E-state index in [1.807, 2.05) is 66.1 Å². The first-order chi connectivity index (χ1) is 9.74. The van der Waals surface area contributed by atoms with Crippen LogP contribution in [-0.2, 0) is 5.75 Å². The Kier molecular flexibility index (Phi) is 6.12. The fraction of sp³-hybridized carbons (Fsp3) is 0.0625. The number of halogens is 1. The monoisotopic (exact) mass is 319 g/mol. The minimum atomic E-state index is 0.708. The Morgan fingerprint density at radius 3 is 2.50 bits per heavy atom. The first-order valence-corrected chi connectivity index (χ1v) is 7.96. The van der Waals surface area contributed by atoms with Gasteiger partial charge in [0.1, 0.15) is 4.99 Å². The molecule has 1 nitrogen and oxygen atoms in total. The van der Waals surface area contributed by atoms with Crippen molar-refractivity contribution in [3.8, 4) is 0 Å². The van der Waals surface area contributed by atoms with Crippen molar-refractivity contribution in [2.75, 3.05) is 5.32 Å². The summed E-state index contributed by atoms with van der Waals surface area (Å²) in [6.45, 7) is 0. The van der Waals surface area contributed by atoms with Crippen molar-refractivity contribution in [1.82, 2.24) is 0 Å². The van der Waals surface area contributed by atoms with Gasteiger partial charge in [0.2, 0.25) is 0 Å². The number of anilines is 1. The molecule has 0 fully saturated rings. The third-order valence-corrected chi connectivity index (χ3v) is 3.84. The van der Waals surface area contributed by atoms with Gasteiger partial charge in [-0.25, -0.2) is 0 Å². The third kappa shape index (κ3) is 5.37. The second kappa shape index (κ2) is 8.10. The molecular formula is C16H14ClNS2. The highest BCUT2D eigenvalue weighted by molar-refractivity contribution is 8.01. The van der Waals surface area contributed by atoms with E-state index in [4.69, 9.17) is 23.8 Å². The molecule has 2 aromatic carbocycles. The molecular weight excluding hydrogens is 306 g/mol. The molecule has 0 radical (unpaired) electrons. The van der Waals surface area contributed by atoms with Crippen molar-refractivity contribution in [1.29, 1.82) is 0 Å². The maximum Gasteiger partial charge on any atom is 0.104 e. The van der Waals surface area contributed by atoms with Crippen LogP contribution < -0.4 is 5.32 Å². The van der Waals surface area contributed by atoms with E-state index in [2.05, 4.69) is 5.32 Å². The van der Waals surface area contributed by atoms with E-state index < -0.39 is 0 Å². The van der Waals surface area contributed by atoms with Gasteiger partial charge in [-0.15, -0.1) is 11.8 Å². The maximum atomic E-state index is 5.85. The van der Waals surface area contributed by atoms with Crippen LogP contribution in [-0.4, -0.2) is 4.99 Å². The minimum Gasteiger partial charge on any atom is -0.347 e. The summed E-state index contributed by atoms with van der Waals surface area (Å²) in [6, 6.07) is 17.8. The van der Waals surface area contributed by atoms with Crippen LogP contribution in [0.1, 0.15) is 5.56 Å². The highest BCUT2D eigenvalue weighted by atomic mass is 35.5. The summed E-state index contributed by atoms with van der Waals surface area (Å²) in [7, 11) is 0. The van der Waals surface area contributed by atoms with Crippen molar-refractivity contribution >= 4 is 46.3 Å². The lowest BCUT2D eigenvalue weighted by atomic mass is 10.2. The molecule has 0 unspecified atom stereocenters. The molecule has 0 saturated carbocycles. The quantitative estimate of drug-likeness (QED) is 0.575. The molecule has 0 spiro atoms. The fourth-order valence-electron chi connectivity index (χ4n) is 1.54. The predicted molar refractivity (Wildman–Crippen MR) is 94.5 cm³/mol. The van der Waals surface area contributed by atoms with Gasteiger partial charge >= 0.3 is 0 Å². The molecule has 0 aromatic heterocycles. The van der Waals surface area contributed by atoms with Gasteiger partial charge in [-0.05, 0) is 41.3 Å². The lowest BCUT2D eigenvalue weighted by molar-refractivity contribution is 1.42. The molecule has 20 heavy (non-hydrogen) atoms. The number of hydrogen-bond acceptors (Lipinski definition) is 2. The van der Waals surface area contributed by atoms with Gasteiger partial charge in [0.15, 0.2) is 0 Å². The lowest BCUT2D eigenvalue weighted by Crippen LogP contribution is -2.04. The van der Waals surface area contributed by atoms with Crippen LogP contribution in [0, 0.1) is 0 Å². The van der Waals surface area contributed by atoms with Gasteiger partial charge in [0, 0.05) is 16.5 Å². The van der Waals surface area contributed by atoms with E-state index in [1.54, 1.807) is 11.8 Å². The Balaban J connectivity index is 1.76. The SMILES string of the molecule is S=C(C=CSCc1ccc(Cl)cc1)Nc1ccccc1. The van der Waals surface area contributed by atoms with Crippen molar-refractivity contribution in [2.24, 2.45) is 0 Å². The number of para-hydroxylation sites is 1. The zero-order chi connectivity index (χ0) is 14.2. The van der Waals surface area contributed by atoms with Crippen LogP contribution in [0.3, 0.4) is 0 Å². The van der Waals surface area contributed by atoms with Crippen LogP contribution in [0.2, 0.25) is 5.02 Å². The first kappa shape index (κ1) is 15.1. The summed E-state index contributed by atoms with van der Waals surface area (Å²) in [4.78, 5) is 0.708. The summed E-state index contributed by atoms with van der Waals surface area (Å²) in [5.74, 6) is 0.904. The maximum absolute atomic E-state index is 5.85. The first-order valence-electron chi connectivity index (χ1n) is 6.13. The number of thioether (sulfide) groups is 1. The highest BCUT2D eigenvalue weighted by Gasteiger charge is 1.94. The number of thiocarbonyl (C=S) groups is 1. The largest absolute Gasteiger partial charge is 0.347 e. The third-order valence-electron chi connectivity index (χ3n) is 2.52. The molecule has 1 N–H and O–H groups in total. The Bertz CT molecular complexity index is 579. The second-order valence-electron chi connectivity index (χ2n) is 4.10. The molecule has 102 valence electrons. The van der Waals surface area contributed by atoms with Gasteiger partial charge < -0.3 is 5.32 Å². The molecule has 0 aliphatic heterocycles. The molecule has 0 amide bonds. The van der Waals surface area contributed by atoms with Crippen LogP contribution in [0.5, 0.6) is 0 Å². The summed E-state index contributed by atoms with van der Waals surface area (Å²) in [5.41, 5.74) is 2.25. The lowest BCUT2D eigenvalue weighted by Gasteiger charge is -2.03. The smallest absolute Gasteiger partial charge is 0.104 e. The van der Waals surface area contributed by atoms with Gasteiger partial charge in [0.25, 0.3) is 0 Å². The van der Waals surface area contributed by atoms with E-state index in [9.17, 15) is 0 Å². The molecule has 0 atom stereocenters. The molecule has 2 rings (SSSR count). The number of hydrogen-bond donors (Lipinski definition) is 1. The fourth-order valence-corrected chi connectivity index (χ4v) is 2.65. The van der Waals surface area contributed by atoms with Crippen LogP contribution in [0.15, 0.2) is 66.1 Å². The Morgan fingerprint density at radius 2 is 1.80 bits per heavy atom. The summed E-state index contributed by atoms with van der Waals surface area (Å²) >= 11 is 12.8. The average molecular weight is 320 g/mol. The van der Waals surface area contributed by atoms with Crippen LogP contribution in [0.25, 0.3) is 0 Å². The average Bonchev–Trinajstić information content (AvgIpc) is 2.46. The zero-order valence-electron chi connectivity index (χ0n) is 10.8. The zero-order valence-corrected chi connectivity index (χ0v) is 13.1. The highest BCUT2D eigenvalue weighted by Crippen LogP contribution is 2.16. The standard InChI is InChI=1S/C16H14ClNS2/c17-14-8-6-13(7-9-14)12-20-11-10-16(19)18-15-4-2-1-3-5-15/h1-11H,12H2,(H,18,19). The van der Waals surface area contributed by atoms with Gasteiger partial charge in [-0.2, -0.15) is 0 Å². The normalized spacial score (nSPS) is 10.7. The molecule has 0 heterocycles. The van der Waals surface area contributed by atoms with Crippen LogP contribution in [0.4, 0.5) is 5.69 Å². The summed E-state index contributed by atoms with van der Waals surface area (Å²) in [5, 5.41) is 5.93. The van der Waals surface area contributed by atoms with Crippen LogP contribution >= 0.6 is 35.6 Å². The van der Waals surface area contributed by atoms with Crippen molar-refractivity contribution in [2.45, 2.75) is 5.75 Å². The van der Waals surface area contributed by atoms with Gasteiger partial charge in [0.05, 0.1) is 0 Å². The molecule has 0 aliphatic rings. The Labute approximate surface area is 134 Å². The molecule has 0 saturated heterocycles. The topological polar surface area (TPSA) is 12.0 Å². The summed E-state index contributed by atoms with van der Waals surface area (Å²) in [6.07, 6.45) is 1.91. The van der Waals surface area contributed by atoms with Gasteiger partial charge in [-0.3, -0.25) is 0 Å². The van der Waals surface area contributed by atoms with Crippen molar-refractivity contribution in [3.05, 3.63) is 76.7 Å². The van der Waals surface area contributed by atoms with E-state index in [1.165, 1.54) is 5.56 Å². The number of benzene rings is 2. The molecule has 2 aromatic rings.